The van der Waals surface area contributed by atoms with Gasteiger partial charge in [-0.15, -0.1) is 0 Å². The molecule has 1 aliphatic rings. The van der Waals surface area contributed by atoms with E-state index in [0.717, 1.165) is 18.2 Å². The summed E-state index contributed by atoms with van der Waals surface area (Å²) in [6.45, 7) is 1.30. The van der Waals surface area contributed by atoms with Crippen molar-refractivity contribution in [3.8, 4) is 11.3 Å². The first kappa shape index (κ1) is 18.9. The molecular weight excluding hydrogens is 376 g/mol. The molecule has 0 atom stereocenters. The monoisotopic (exact) mass is 395 g/mol. The Kier molecular flexibility index (Phi) is 5.16. The van der Waals surface area contributed by atoms with Gasteiger partial charge in [0.15, 0.2) is 0 Å². The first-order chi connectivity index (χ1) is 14.0. The summed E-state index contributed by atoms with van der Waals surface area (Å²) in [5.41, 5.74) is 8.14. The summed E-state index contributed by atoms with van der Waals surface area (Å²) in [6.07, 6.45) is 4.05. The van der Waals surface area contributed by atoms with E-state index >= 15 is 0 Å². The van der Waals surface area contributed by atoms with Crippen LogP contribution in [0.1, 0.15) is 11.4 Å². The molecule has 0 saturated carbocycles. The van der Waals surface area contributed by atoms with Crippen molar-refractivity contribution in [2.45, 2.75) is 12.8 Å². The number of halogens is 2. The number of rotatable bonds is 5. The molecule has 3 heterocycles. The number of hydrogen-bond donors (Lipinski definition) is 1. The van der Waals surface area contributed by atoms with Crippen LogP contribution in [0, 0.1) is 17.6 Å². The van der Waals surface area contributed by atoms with Crippen LogP contribution in [0.5, 0.6) is 0 Å². The predicted molar refractivity (Wildman–Crippen MR) is 104 cm³/mol. The maximum absolute atomic E-state index is 14.0. The zero-order valence-electron chi connectivity index (χ0n) is 15.6. The van der Waals surface area contributed by atoms with Crippen LogP contribution in [-0.2, 0) is 17.6 Å². The standard InChI is InChI=1S/C21H19F2N5O/c22-14-1-2-16(17(23)8-14)19-4-3-18(24)20(27-19)9-21(29)28-10-13(11-28)7-15-5-6-25-12-26-15/h1-6,8,12-13H,7,9-11,24H2. The molecule has 1 aliphatic heterocycles. The molecule has 1 amide bonds. The molecule has 6 nitrogen and oxygen atoms in total. The van der Waals surface area contributed by atoms with Crippen LogP contribution < -0.4 is 5.73 Å². The van der Waals surface area contributed by atoms with Gasteiger partial charge in [0, 0.05) is 36.6 Å². The summed E-state index contributed by atoms with van der Waals surface area (Å²) >= 11 is 0. The van der Waals surface area contributed by atoms with Crippen LogP contribution in [0.15, 0.2) is 48.9 Å². The molecule has 1 aromatic carbocycles. The van der Waals surface area contributed by atoms with E-state index in [1.165, 1.54) is 18.5 Å². The quantitative estimate of drug-likeness (QED) is 0.718. The third-order valence-corrected chi connectivity index (χ3v) is 4.99. The van der Waals surface area contributed by atoms with Gasteiger partial charge in [0.05, 0.1) is 23.5 Å². The molecule has 0 bridgehead atoms. The van der Waals surface area contributed by atoms with E-state index in [0.29, 0.717) is 36.1 Å². The molecule has 2 aromatic heterocycles. The number of carbonyl (C=O) groups is 1. The van der Waals surface area contributed by atoms with Crippen LogP contribution in [0.25, 0.3) is 11.3 Å². The number of aromatic nitrogens is 3. The Morgan fingerprint density at radius 2 is 2.00 bits per heavy atom. The molecule has 2 N–H and O–H groups in total. The van der Waals surface area contributed by atoms with Gasteiger partial charge in [0.25, 0.3) is 0 Å². The van der Waals surface area contributed by atoms with Crippen LogP contribution in [0.2, 0.25) is 0 Å². The van der Waals surface area contributed by atoms with Gasteiger partial charge in [-0.25, -0.2) is 18.7 Å². The normalized spacial score (nSPS) is 13.9. The molecule has 0 aliphatic carbocycles. The molecule has 29 heavy (non-hydrogen) atoms. The number of amides is 1. The van der Waals surface area contributed by atoms with Gasteiger partial charge < -0.3 is 10.6 Å². The predicted octanol–water partition coefficient (Wildman–Crippen LogP) is 2.64. The third-order valence-electron chi connectivity index (χ3n) is 4.99. The number of nitrogens with zero attached hydrogens (tertiary/aromatic N) is 4. The number of nitrogen functional groups attached to an aromatic ring is 1. The average molecular weight is 395 g/mol. The minimum absolute atomic E-state index is 0.0305. The Labute approximate surface area is 166 Å². The molecular formula is C21H19F2N5O. The van der Waals surface area contributed by atoms with Gasteiger partial charge in [-0.2, -0.15) is 0 Å². The number of benzene rings is 1. The van der Waals surface area contributed by atoms with E-state index < -0.39 is 11.6 Å². The van der Waals surface area contributed by atoms with Gasteiger partial charge in [0.2, 0.25) is 5.91 Å². The second-order valence-electron chi connectivity index (χ2n) is 7.10. The first-order valence-electron chi connectivity index (χ1n) is 9.23. The number of carbonyl (C=O) groups excluding carboxylic acids is 1. The highest BCUT2D eigenvalue weighted by atomic mass is 19.1. The van der Waals surface area contributed by atoms with Crippen LogP contribution in [0.3, 0.4) is 0 Å². The second kappa shape index (κ2) is 7.90. The second-order valence-corrected chi connectivity index (χ2v) is 7.10. The van der Waals surface area contributed by atoms with Crippen LogP contribution >= 0.6 is 0 Å². The third kappa shape index (κ3) is 4.21. The summed E-state index contributed by atoms with van der Waals surface area (Å²) in [4.78, 5) is 26.8. The lowest BCUT2D eigenvalue weighted by atomic mass is 9.94. The minimum atomic E-state index is -0.713. The lowest BCUT2D eigenvalue weighted by Crippen LogP contribution is -2.51. The maximum Gasteiger partial charge on any atom is 0.228 e. The summed E-state index contributed by atoms with van der Waals surface area (Å²) in [5.74, 6) is -1.10. The Bertz CT molecular complexity index is 1040. The summed E-state index contributed by atoms with van der Waals surface area (Å²) in [5, 5.41) is 0. The zero-order valence-corrected chi connectivity index (χ0v) is 15.6. The van der Waals surface area contributed by atoms with Crippen molar-refractivity contribution in [2.24, 2.45) is 5.92 Å². The first-order valence-corrected chi connectivity index (χ1v) is 9.23. The summed E-state index contributed by atoms with van der Waals surface area (Å²) in [6, 6.07) is 8.30. The van der Waals surface area contributed by atoms with Crippen molar-refractivity contribution >= 4 is 11.6 Å². The fraction of sp³-hybridized carbons (Fsp3) is 0.238. The highest BCUT2D eigenvalue weighted by Crippen LogP contribution is 2.25. The molecule has 8 heteroatoms. The van der Waals surface area contributed by atoms with Crippen molar-refractivity contribution in [2.75, 3.05) is 18.8 Å². The molecule has 148 valence electrons. The summed E-state index contributed by atoms with van der Waals surface area (Å²) in [7, 11) is 0. The fourth-order valence-corrected chi connectivity index (χ4v) is 3.39. The Balaban J connectivity index is 1.41. The van der Waals surface area contributed by atoms with Crippen molar-refractivity contribution in [1.29, 1.82) is 0 Å². The lowest BCUT2D eigenvalue weighted by Gasteiger charge is -2.39. The highest BCUT2D eigenvalue weighted by molar-refractivity contribution is 5.81. The minimum Gasteiger partial charge on any atom is -0.397 e. The summed E-state index contributed by atoms with van der Waals surface area (Å²) < 4.78 is 27.2. The number of anilines is 1. The number of likely N-dealkylation sites (tertiary alicyclic amines) is 1. The topological polar surface area (TPSA) is 85.0 Å². The lowest BCUT2D eigenvalue weighted by molar-refractivity contribution is -0.136. The maximum atomic E-state index is 14.0. The van der Waals surface area contributed by atoms with Gasteiger partial charge in [-0.1, -0.05) is 0 Å². The highest BCUT2D eigenvalue weighted by Gasteiger charge is 2.31. The zero-order chi connectivity index (χ0) is 20.4. The van der Waals surface area contributed by atoms with Gasteiger partial charge >= 0.3 is 0 Å². The largest absolute Gasteiger partial charge is 0.397 e. The molecule has 1 fully saturated rings. The molecule has 3 aromatic rings. The number of hydrogen-bond acceptors (Lipinski definition) is 5. The Hall–Kier alpha value is -3.42. The van der Waals surface area contributed by atoms with Crippen LogP contribution in [0.4, 0.5) is 14.5 Å². The fourth-order valence-electron chi connectivity index (χ4n) is 3.39. The Morgan fingerprint density at radius 3 is 2.72 bits per heavy atom. The number of nitrogens with two attached hydrogens (primary N) is 1. The van der Waals surface area contributed by atoms with Crippen molar-refractivity contribution in [3.05, 3.63) is 71.9 Å². The number of pyridine rings is 1. The SMILES string of the molecule is Nc1ccc(-c2ccc(F)cc2F)nc1CC(=O)N1CC(Cc2ccncn2)C1. The smallest absolute Gasteiger partial charge is 0.228 e. The van der Waals surface area contributed by atoms with E-state index in [1.54, 1.807) is 23.2 Å². The van der Waals surface area contributed by atoms with Gasteiger partial charge in [0.1, 0.15) is 18.0 Å². The van der Waals surface area contributed by atoms with E-state index in [1.807, 2.05) is 6.07 Å². The van der Waals surface area contributed by atoms with Crippen molar-refractivity contribution in [3.63, 3.8) is 0 Å². The molecule has 0 unspecified atom stereocenters. The van der Waals surface area contributed by atoms with Crippen LogP contribution in [-0.4, -0.2) is 38.8 Å². The molecule has 1 saturated heterocycles. The van der Waals surface area contributed by atoms with Gasteiger partial charge in [-0.3, -0.25) is 9.78 Å². The average Bonchev–Trinajstić information content (AvgIpc) is 2.67. The molecule has 0 radical (unpaired) electrons. The molecule has 4 rings (SSSR count). The molecule has 0 spiro atoms. The Morgan fingerprint density at radius 1 is 1.17 bits per heavy atom. The van der Waals surface area contributed by atoms with Gasteiger partial charge in [-0.05, 0) is 42.7 Å². The van der Waals surface area contributed by atoms with Crippen molar-refractivity contribution in [1.82, 2.24) is 19.9 Å². The van der Waals surface area contributed by atoms with E-state index in [4.69, 9.17) is 5.73 Å². The van der Waals surface area contributed by atoms with E-state index in [2.05, 4.69) is 15.0 Å². The van der Waals surface area contributed by atoms with Crippen molar-refractivity contribution < 1.29 is 13.6 Å². The van der Waals surface area contributed by atoms with E-state index in [-0.39, 0.29) is 17.9 Å². The van der Waals surface area contributed by atoms with E-state index in [9.17, 15) is 13.6 Å².